The lowest BCUT2D eigenvalue weighted by Crippen LogP contribution is -2.47. The number of carbonyl (C=O) groups is 1. The highest BCUT2D eigenvalue weighted by atomic mass is 35.5. The molecule has 1 heterocycles. The molecule has 2 rings (SSSR count). The molecular formula is C15H21Cl2N3O2. The summed E-state index contributed by atoms with van der Waals surface area (Å²) in [4.78, 5) is 13.6. The Morgan fingerprint density at radius 1 is 1.27 bits per heavy atom. The first-order valence-corrected chi connectivity index (χ1v) is 8.04. The SMILES string of the molecule is C[C@H](N)C(=O)N1CCC([C@H](N)c2cc(Cl)c(Cl)cc2O)CC1. The number of halogens is 2. The van der Waals surface area contributed by atoms with Crippen LogP contribution in [0.15, 0.2) is 12.1 Å². The van der Waals surface area contributed by atoms with Crippen molar-refractivity contribution < 1.29 is 9.90 Å². The maximum atomic E-state index is 11.9. The van der Waals surface area contributed by atoms with Crippen molar-refractivity contribution in [3.05, 3.63) is 27.7 Å². The largest absolute Gasteiger partial charge is 0.508 e. The fourth-order valence-corrected chi connectivity index (χ4v) is 3.17. The third kappa shape index (κ3) is 3.66. The number of phenols is 1. The monoisotopic (exact) mass is 345 g/mol. The third-order valence-electron chi connectivity index (χ3n) is 4.18. The van der Waals surface area contributed by atoms with Crippen LogP contribution in [0.2, 0.25) is 10.0 Å². The lowest BCUT2D eigenvalue weighted by molar-refractivity contribution is -0.133. The molecule has 0 aromatic heterocycles. The van der Waals surface area contributed by atoms with Crippen LogP contribution in [0.1, 0.15) is 31.4 Å². The van der Waals surface area contributed by atoms with E-state index in [9.17, 15) is 9.90 Å². The Morgan fingerprint density at radius 2 is 1.82 bits per heavy atom. The Labute approximate surface area is 140 Å². The molecule has 1 aromatic rings. The van der Waals surface area contributed by atoms with Crippen molar-refractivity contribution in [2.75, 3.05) is 13.1 Å². The van der Waals surface area contributed by atoms with Gasteiger partial charge in [0.25, 0.3) is 0 Å². The number of rotatable bonds is 3. The number of amides is 1. The molecule has 1 aliphatic rings. The first-order valence-electron chi connectivity index (χ1n) is 7.29. The number of nitrogens with two attached hydrogens (primary N) is 2. The fraction of sp³-hybridized carbons (Fsp3) is 0.533. The zero-order valence-corrected chi connectivity index (χ0v) is 13.9. The first kappa shape index (κ1) is 17.3. The van der Waals surface area contributed by atoms with E-state index < -0.39 is 6.04 Å². The van der Waals surface area contributed by atoms with Crippen molar-refractivity contribution >= 4 is 29.1 Å². The lowest BCUT2D eigenvalue weighted by atomic mass is 9.85. The van der Waals surface area contributed by atoms with Crippen LogP contribution in [0.3, 0.4) is 0 Å². The van der Waals surface area contributed by atoms with Gasteiger partial charge < -0.3 is 21.5 Å². The fourth-order valence-electron chi connectivity index (χ4n) is 2.84. The van der Waals surface area contributed by atoms with Gasteiger partial charge in [0.05, 0.1) is 16.1 Å². The zero-order chi connectivity index (χ0) is 16.4. The van der Waals surface area contributed by atoms with Crippen LogP contribution in [-0.4, -0.2) is 35.0 Å². The number of nitrogens with zero attached hydrogens (tertiary/aromatic N) is 1. The number of piperidine rings is 1. The van der Waals surface area contributed by atoms with Crippen LogP contribution in [0.25, 0.3) is 0 Å². The minimum atomic E-state index is -0.482. The van der Waals surface area contributed by atoms with E-state index in [0.29, 0.717) is 28.7 Å². The summed E-state index contributed by atoms with van der Waals surface area (Å²) >= 11 is 11.9. The molecule has 0 spiro atoms. The molecule has 22 heavy (non-hydrogen) atoms. The molecule has 0 radical (unpaired) electrons. The molecule has 1 aliphatic heterocycles. The van der Waals surface area contributed by atoms with Crippen molar-refractivity contribution in [3.63, 3.8) is 0 Å². The van der Waals surface area contributed by atoms with Gasteiger partial charge in [-0.05, 0) is 31.7 Å². The van der Waals surface area contributed by atoms with Gasteiger partial charge in [0, 0.05) is 30.8 Å². The molecular weight excluding hydrogens is 325 g/mol. The second-order valence-electron chi connectivity index (χ2n) is 5.80. The summed E-state index contributed by atoms with van der Waals surface area (Å²) < 4.78 is 0. The molecule has 0 bridgehead atoms. The number of likely N-dealkylation sites (tertiary alicyclic amines) is 1. The summed E-state index contributed by atoms with van der Waals surface area (Å²) in [5.41, 5.74) is 12.5. The highest BCUT2D eigenvalue weighted by molar-refractivity contribution is 6.42. The van der Waals surface area contributed by atoms with Gasteiger partial charge >= 0.3 is 0 Å². The van der Waals surface area contributed by atoms with Crippen molar-refractivity contribution in [3.8, 4) is 5.75 Å². The van der Waals surface area contributed by atoms with Gasteiger partial charge in [-0.2, -0.15) is 0 Å². The maximum Gasteiger partial charge on any atom is 0.239 e. The summed E-state index contributed by atoms with van der Waals surface area (Å²) in [6, 6.07) is 2.20. The Kier molecular flexibility index (Phi) is 5.55. The molecule has 0 saturated carbocycles. The van der Waals surface area contributed by atoms with E-state index in [1.54, 1.807) is 17.9 Å². The molecule has 0 aliphatic carbocycles. The Hall–Kier alpha value is -1.01. The standard InChI is InChI=1S/C15H21Cl2N3O2/c1-8(18)15(22)20-4-2-9(3-5-20)14(19)10-6-11(16)12(17)7-13(10)21/h6-9,14,21H,2-5,18-19H2,1H3/t8-,14-/m0/s1. The topological polar surface area (TPSA) is 92.6 Å². The number of hydrogen-bond acceptors (Lipinski definition) is 4. The number of benzene rings is 1. The summed E-state index contributed by atoms with van der Waals surface area (Å²) in [5, 5.41) is 10.7. The number of hydrogen-bond donors (Lipinski definition) is 3. The first-order chi connectivity index (χ1) is 10.3. The van der Waals surface area contributed by atoms with E-state index in [1.165, 1.54) is 6.07 Å². The van der Waals surface area contributed by atoms with Crippen LogP contribution in [0, 0.1) is 5.92 Å². The van der Waals surface area contributed by atoms with Gasteiger partial charge in [-0.15, -0.1) is 0 Å². The zero-order valence-electron chi connectivity index (χ0n) is 12.4. The molecule has 0 unspecified atom stereocenters. The molecule has 122 valence electrons. The lowest BCUT2D eigenvalue weighted by Gasteiger charge is -2.35. The van der Waals surface area contributed by atoms with E-state index in [1.807, 2.05) is 0 Å². The minimum absolute atomic E-state index is 0.0376. The van der Waals surface area contributed by atoms with Gasteiger partial charge in [0.2, 0.25) is 5.91 Å². The normalized spacial score (nSPS) is 19.0. The van der Waals surface area contributed by atoms with Gasteiger partial charge in [-0.1, -0.05) is 23.2 Å². The molecule has 2 atom stereocenters. The Balaban J connectivity index is 2.05. The Bertz CT molecular complexity index is 558. The minimum Gasteiger partial charge on any atom is -0.508 e. The van der Waals surface area contributed by atoms with Crippen LogP contribution < -0.4 is 11.5 Å². The number of phenolic OH excluding ortho intramolecular Hbond substituents is 1. The van der Waals surface area contributed by atoms with Gasteiger partial charge in [0.1, 0.15) is 5.75 Å². The second kappa shape index (κ2) is 7.04. The highest BCUT2D eigenvalue weighted by Gasteiger charge is 2.29. The van der Waals surface area contributed by atoms with Crippen LogP contribution >= 0.6 is 23.2 Å². The summed E-state index contributed by atoms with van der Waals surface area (Å²) in [5.74, 6) is 0.181. The summed E-state index contributed by atoms with van der Waals surface area (Å²) in [6.45, 7) is 2.94. The summed E-state index contributed by atoms with van der Waals surface area (Å²) in [6.07, 6.45) is 1.53. The van der Waals surface area contributed by atoms with Crippen molar-refractivity contribution in [1.82, 2.24) is 4.90 Å². The van der Waals surface area contributed by atoms with E-state index in [-0.39, 0.29) is 23.6 Å². The van der Waals surface area contributed by atoms with Gasteiger partial charge in [-0.3, -0.25) is 4.79 Å². The summed E-state index contributed by atoms with van der Waals surface area (Å²) in [7, 11) is 0. The predicted octanol–water partition coefficient (Wildman–Crippen LogP) is 2.28. The van der Waals surface area contributed by atoms with Crippen molar-refractivity contribution in [2.24, 2.45) is 17.4 Å². The quantitative estimate of drug-likeness (QED) is 0.783. The van der Waals surface area contributed by atoms with Gasteiger partial charge in [0.15, 0.2) is 0 Å². The molecule has 7 heteroatoms. The smallest absolute Gasteiger partial charge is 0.239 e. The molecule has 1 aromatic carbocycles. The van der Waals surface area contributed by atoms with Crippen LogP contribution in [0.4, 0.5) is 0 Å². The third-order valence-corrected chi connectivity index (χ3v) is 4.90. The van der Waals surface area contributed by atoms with Gasteiger partial charge in [-0.25, -0.2) is 0 Å². The predicted molar refractivity (Wildman–Crippen MR) is 88.0 cm³/mol. The average molecular weight is 346 g/mol. The van der Waals surface area contributed by atoms with E-state index in [0.717, 1.165) is 12.8 Å². The van der Waals surface area contributed by atoms with Crippen LogP contribution in [0.5, 0.6) is 5.75 Å². The van der Waals surface area contributed by atoms with E-state index in [2.05, 4.69) is 0 Å². The molecule has 5 nitrogen and oxygen atoms in total. The second-order valence-corrected chi connectivity index (χ2v) is 6.62. The molecule has 1 saturated heterocycles. The maximum absolute atomic E-state index is 11.9. The number of carbonyl (C=O) groups excluding carboxylic acids is 1. The average Bonchev–Trinajstić information content (AvgIpc) is 2.49. The van der Waals surface area contributed by atoms with Crippen molar-refractivity contribution in [2.45, 2.75) is 31.8 Å². The number of aromatic hydroxyl groups is 1. The van der Waals surface area contributed by atoms with E-state index >= 15 is 0 Å². The molecule has 1 amide bonds. The van der Waals surface area contributed by atoms with E-state index in [4.69, 9.17) is 34.7 Å². The van der Waals surface area contributed by atoms with Crippen LogP contribution in [-0.2, 0) is 4.79 Å². The Morgan fingerprint density at radius 3 is 2.36 bits per heavy atom. The molecule has 5 N–H and O–H groups in total. The molecule has 1 fully saturated rings. The van der Waals surface area contributed by atoms with Crippen molar-refractivity contribution in [1.29, 1.82) is 0 Å². The highest BCUT2D eigenvalue weighted by Crippen LogP contribution is 2.37.